The molecule has 0 aliphatic rings. The minimum Gasteiger partial charge on any atom is -0.342 e. The van der Waals surface area contributed by atoms with Crippen molar-refractivity contribution in [3.63, 3.8) is 0 Å². The Labute approximate surface area is 141 Å². The fraction of sp³-hybridized carbons (Fsp3) is 0.278. The summed E-state index contributed by atoms with van der Waals surface area (Å²) in [5, 5.41) is 0.0529. The van der Waals surface area contributed by atoms with Gasteiger partial charge in [0.15, 0.2) is 0 Å². The molecule has 0 aliphatic heterocycles. The Morgan fingerprint density at radius 2 is 1.64 bits per heavy atom. The smallest absolute Gasteiger partial charge is 0.245 e. The first-order valence-corrected chi connectivity index (χ1v) is 8.17. The first kappa shape index (κ1) is 16.9. The molecule has 0 saturated heterocycles. The number of benzene rings is 2. The van der Waals surface area contributed by atoms with Crippen molar-refractivity contribution in [3.8, 4) is 11.1 Å². The van der Waals surface area contributed by atoms with Crippen LogP contribution in [0.4, 0.5) is 0 Å². The highest BCUT2D eigenvalue weighted by molar-refractivity contribution is 6.33. The van der Waals surface area contributed by atoms with Gasteiger partial charge in [-0.3, -0.25) is 4.79 Å². The molecule has 0 spiro atoms. The van der Waals surface area contributed by atoms with Crippen LogP contribution in [-0.4, -0.2) is 23.9 Å². The van der Waals surface area contributed by atoms with Crippen LogP contribution < -0.4 is 0 Å². The molecule has 116 valence electrons. The maximum absolute atomic E-state index is 12.3. The van der Waals surface area contributed by atoms with E-state index in [1.165, 1.54) is 0 Å². The van der Waals surface area contributed by atoms with Crippen LogP contribution in [0.1, 0.15) is 24.8 Å². The average molecular weight is 336 g/mol. The van der Waals surface area contributed by atoms with Gasteiger partial charge in [-0.1, -0.05) is 54.1 Å². The van der Waals surface area contributed by atoms with Crippen molar-refractivity contribution in [2.45, 2.75) is 19.2 Å². The maximum Gasteiger partial charge on any atom is 0.245 e. The molecule has 4 heteroatoms. The Hall–Kier alpha value is -1.51. The summed E-state index contributed by atoms with van der Waals surface area (Å²) in [6.45, 7) is 5.23. The number of rotatable bonds is 5. The summed E-state index contributed by atoms with van der Waals surface area (Å²) in [5.41, 5.74) is 2.78. The van der Waals surface area contributed by atoms with E-state index in [0.29, 0.717) is 18.1 Å². The fourth-order valence-corrected chi connectivity index (χ4v) is 2.89. The Morgan fingerprint density at radius 3 is 2.18 bits per heavy atom. The van der Waals surface area contributed by atoms with Crippen LogP contribution in [0.5, 0.6) is 0 Å². The van der Waals surface area contributed by atoms with E-state index < -0.39 is 5.38 Å². The van der Waals surface area contributed by atoms with Crippen LogP contribution in [0.25, 0.3) is 11.1 Å². The van der Waals surface area contributed by atoms with Gasteiger partial charge < -0.3 is 4.90 Å². The number of hydrogen-bond donors (Lipinski definition) is 0. The lowest BCUT2D eigenvalue weighted by atomic mass is 10.0. The van der Waals surface area contributed by atoms with E-state index in [1.54, 1.807) is 4.90 Å². The summed E-state index contributed by atoms with van der Waals surface area (Å²) in [5.74, 6) is -0.0582. The molecule has 1 atom stereocenters. The third kappa shape index (κ3) is 3.63. The van der Waals surface area contributed by atoms with Gasteiger partial charge in [-0.25, -0.2) is 0 Å². The molecule has 1 unspecified atom stereocenters. The monoisotopic (exact) mass is 335 g/mol. The number of alkyl halides is 1. The van der Waals surface area contributed by atoms with Crippen LogP contribution in [-0.2, 0) is 4.79 Å². The Balaban J connectivity index is 2.22. The van der Waals surface area contributed by atoms with Crippen molar-refractivity contribution in [3.05, 3.63) is 59.1 Å². The highest BCUT2D eigenvalue weighted by Crippen LogP contribution is 2.30. The van der Waals surface area contributed by atoms with Gasteiger partial charge in [-0.15, -0.1) is 11.6 Å². The normalized spacial score (nSPS) is 12.0. The number of carbonyl (C=O) groups is 1. The van der Waals surface area contributed by atoms with Crippen molar-refractivity contribution in [1.29, 1.82) is 0 Å². The van der Waals surface area contributed by atoms with E-state index in [1.807, 2.05) is 62.4 Å². The summed E-state index contributed by atoms with van der Waals surface area (Å²) in [6, 6.07) is 15.3. The summed E-state index contributed by atoms with van der Waals surface area (Å²) < 4.78 is 0. The minimum absolute atomic E-state index is 0.0582. The van der Waals surface area contributed by atoms with E-state index in [2.05, 4.69) is 0 Å². The average Bonchev–Trinajstić information content (AvgIpc) is 2.56. The lowest BCUT2D eigenvalue weighted by Crippen LogP contribution is -2.33. The zero-order chi connectivity index (χ0) is 16.1. The third-order valence-electron chi connectivity index (χ3n) is 3.68. The van der Waals surface area contributed by atoms with Gasteiger partial charge in [0.1, 0.15) is 5.38 Å². The molecule has 0 aromatic heterocycles. The van der Waals surface area contributed by atoms with Crippen LogP contribution in [0, 0.1) is 0 Å². The largest absolute Gasteiger partial charge is 0.342 e. The van der Waals surface area contributed by atoms with Crippen molar-refractivity contribution < 1.29 is 4.79 Å². The molecule has 0 fully saturated rings. The molecule has 22 heavy (non-hydrogen) atoms. The summed E-state index contributed by atoms with van der Waals surface area (Å²) in [4.78, 5) is 14.0. The zero-order valence-corrected chi connectivity index (χ0v) is 14.2. The zero-order valence-electron chi connectivity index (χ0n) is 12.7. The Kier molecular flexibility index (Phi) is 5.87. The molecular formula is C18H19Cl2NO. The van der Waals surface area contributed by atoms with E-state index in [-0.39, 0.29) is 5.91 Å². The molecule has 0 saturated carbocycles. The van der Waals surface area contributed by atoms with Gasteiger partial charge in [0.05, 0.1) is 0 Å². The molecule has 0 heterocycles. The second-order valence-corrected chi connectivity index (χ2v) is 5.82. The van der Waals surface area contributed by atoms with Crippen LogP contribution >= 0.6 is 23.2 Å². The number of nitrogens with zero attached hydrogens (tertiary/aromatic N) is 1. The number of halogens is 2. The molecule has 0 N–H and O–H groups in total. The summed E-state index contributed by atoms with van der Waals surface area (Å²) in [6.07, 6.45) is 0. The molecular weight excluding hydrogens is 317 g/mol. The molecule has 2 rings (SSSR count). The van der Waals surface area contributed by atoms with Crippen molar-refractivity contribution >= 4 is 29.1 Å². The molecule has 1 amide bonds. The number of amides is 1. The predicted molar refractivity (Wildman–Crippen MR) is 93.4 cm³/mol. The fourth-order valence-electron chi connectivity index (χ4n) is 2.37. The van der Waals surface area contributed by atoms with Crippen molar-refractivity contribution in [2.24, 2.45) is 0 Å². The van der Waals surface area contributed by atoms with Gasteiger partial charge >= 0.3 is 0 Å². The Bertz CT molecular complexity index is 636. The molecule has 0 radical (unpaired) electrons. The van der Waals surface area contributed by atoms with Crippen molar-refractivity contribution in [2.75, 3.05) is 13.1 Å². The standard InChI is InChI=1S/C18H19Cl2NO/c1-3-21(4-2)18(22)17(20)14-11-9-13(10-12-14)15-7-5-6-8-16(15)19/h5-12,17H,3-4H2,1-2H3. The van der Waals surface area contributed by atoms with Crippen LogP contribution in [0.3, 0.4) is 0 Å². The first-order valence-electron chi connectivity index (χ1n) is 7.36. The number of likely N-dealkylation sites (N-methyl/N-ethyl adjacent to an activating group) is 1. The maximum atomic E-state index is 12.3. The second kappa shape index (κ2) is 7.66. The highest BCUT2D eigenvalue weighted by atomic mass is 35.5. The highest BCUT2D eigenvalue weighted by Gasteiger charge is 2.21. The first-order chi connectivity index (χ1) is 10.6. The second-order valence-electron chi connectivity index (χ2n) is 4.97. The van der Waals surface area contributed by atoms with Crippen LogP contribution in [0.15, 0.2) is 48.5 Å². The van der Waals surface area contributed by atoms with Crippen LogP contribution in [0.2, 0.25) is 5.02 Å². The van der Waals surface area contributed by atoms with Gasteiger partial charge in [-0.05, 0) is 31.0 Å². The quantitative estimate of drug-likeness (QED) is 0.691. The predicted octanol–water partition coefficient (Wildman–Crippen LogP) is 5.16. The van der Waals surface area contributed by atoms with E-state index >= 15 is 0 Å². The lowest BCUT2D eigenvalue weighted by Gasteiger charge is -2.22. The van der Waals surface area contributed by atoms with Gasteiger partial charge in [0, 0.05) is 23.7 Å². The van der Waals surface area contributed by atoms with E-state index in [4.69, 9.17) is 23.2 Å². The van der Waals surface area contributed by atoms with Crippen molar-refractivity contribution in [1.82, 2.24) is 4.90 Å². The molecule has 0 aliphatic carbocycles. The molecule has 2 aromatic rings. The molecule has 2 nitrogen and oxygen atoms in total. The number of hydrogen-bond acceptors (Lipinski definition) is 1. The molecule has 0 bridgehead atoms. The van der Waals surface area contributed by atoms with Gasteiger partial charge in [-0.2, -0.15) is 0 Å². The topological polar surface area (TPSA) is 20.3 Å². The van der Waals surface area contributed by atoms with E-state index in [0.717, 1.165) is 16.7 Å². The Morgan fingerprint density at radius 1 is 1.05 bits per heavy atom. The number of carbonyl (C=O) groups excluding carboxylic acids is 1. The summed E-state index contributed by atoms with van der Waals surface area (Å²) in [7, 11) is 0. The summed E-state index contributed by atoms with van der Waals surface area (Å²) >= 11 is 12.5. The van der Waals surface area contributed by atoms with E-state index in [9.17, 15) is 4.79 Å². The minimum atomic E-state index is -0.653. The third-order valence-corrected chi connectivity index (χ3v) is 4.45. The lowest BCUT2D eigenvalue weighted by molar-refractivity contribution is -0.130. The SMILES string of the molecule is CCN(CC)C(=O)C(Cl)c1ccc(-c2ccccc2Cl)cc1. The van der Waals surface area contributed by atoms with Gasteiger partial charge in [0.25, 0.3) is 0 Å². The van der Waals surface area contributed by atoms with Gasteiger partial charge in [0.2, 0.25) is 5.91 Å². The molecule has 2 aromatic carbocycles.